The van der Waals surface area contributed by atoms with E-state index < -0.39 is 0 Å². The van der Waals surface area contributed by atoms with Gasteiger partial charge in [0.15, 0.2) is 0 Å². The molecule has 0 aromatic heterocycles. The molecule has 140 valence electrons. The number of benzene rings is 1. The zero-order chi connectivity index (χ0) is 18.8. The number of ether oxygens (including phenoxy) is 2. The lowest BCUT2D eigenvalue weighted by atomic mass is 10.0. The lowest BCUT2D eigenvalue weighted by Crippen LogP contribution is -2.33. The van der Waals surface area contributed by atoms with E-state index in [-0.39, 0.29) is 17.9 Å². The molecule has 5 heteroatoms. The van der Waals surface area contributed by atoms with Gasteiger partial charge in [0.2, 0.25) is 0 Å². The molecule has 1 aliphatic carbocycles. The van der Waals surface area contributed by atoms with Crippen LogP contribution >= 0.6 is 0 Å². The van der Waals surface area contributed by atoms with Gasteiger partial charge in [-0.15, -0.1) is 0 Å². The third-order valence-electron chi connectivity index (χ3n) is 4.53. The van der Waals surface area contributed by atoms with Crippen molar-refractivity contribution < 1.29 is 19.1 Å². The number of aryl methyl sites for hydroxylation is 1. The maximum absolute atomic E-state index is 12.2. The number of carbonyl (C=O) groups is 2. The summed E-state index contributed by atoms with van der Waals surface area (Å²) in [5, 5.41) is 0. The molecule has 2 amide bonds. The largest absolute Gasteiger partial charge is 0.493 e. The second kappa shape index (κ2) is 7.52. The van der Waals surface area contributed by atoms with Crippen molar-refractivity contribution in [2.75, 3.05) is 13.2 Å². The highest BCUT2D eigenvalue weighted by atomic mass is 16.5. The third-order valence-corrected chi connectivity index (χ3v) is 4.53. The second-order valence-corrected chi connectivity index (χ2v) is 7.84. The SMILES string of the molecule is CC(C)COc1cc2c(c(OCC(C)C)c1)[C@@H](N1C(=O)C=CC1=O)CC2. The van der Waals surface area contributed by atoms with Crippen LogP contribution in [0.15, 0.2) is 24.3 Å². The first-order chi connectivity index (χ1) is 12.4. The maximum atomic E-state index is 12.2. The highest BCUT2D eigenvalue weighted by molar-refractivity contribution is 6.13. The van der Waals surface area contributed by atoms with Gasteiger partial charge in [-0.1, -0.05) is 27.7 Å². The molecule has 1 aliphatic heterocycles. The maximum Gasteiger partial charge on any atom is 0.254 e. The molecule has 1 atom stereocenters. The summed E-state index contributed by atoms with van der Waals surface area (Å²) in [4.78, 5) is 25.7. The van der Waals surface area contributed by atoms with Crippen molar-refractivity contribution in [3.63, 3.8) is 0 Å². The minimum Gasteiger partial charge on any atom is -0.493 e. The van der Waals surface area contributed by atoms with Crippen LogP contribution in [-0.4, -0.2) is 29.9 Å². The van der Waals surface area contributed by atoms with Crippen LogP contribution in [0, 0.1) is 11.8 Å². The van der Waals surface area contributed by atoms with Crippen LogP contribution in [0.4, 0.5) is 0 Å². The Labute approximate surface area is 155 Å². The molecule has 2 aliphatic rings. The summed E-state index contributed by atoms with van der Waals surface area (Å²) in [5.74, 6) is 1.83. The molecule has 1 heterocycles. The van der Waals surface area contributed by atoms with Crippen LogP contribution in [0.3, 0.4) is 0 Å². The Morgan fingerprint density at radius 2 is 1.62 bits per heavy atom. The molecule has 3 rings (SSSR count). The molecule has 0 bridgehead atoms. The Morgan fingerprint density at radius 3 is 2.23 bits per heavy atom. The summed E-state index contributed by atoms with van der Waals surface area (Å²) in [6, 6.07) is 3.67. The van der Waals surface area contributed by atoms with Crippen LogP contribution in [0.5, 0.6) is 11.5 Å². The number of rotatable bonds is 7. The molecule has 0 radical (unpaired) electrons. The Hall–Kier alpha value is -2.30. The Balaban J connectivity index is 1.94. The fourth-order valence-electron chi connectivity index (χ4n) is 3.38. The van der Waals surface area contributed by atoms with Crippen molar-refractivity contribution in [2.45, 2.75) is 46.6 Å². The number of fused-ring (bicyclic) bond motifs is 1. The molecule has 26 heavy (non-hydrogen) atoms. The lowest BCUT2D eigenvalue weighted by molar-refractivity contribution is -0.139. The zero-order valence-electron chi connectivity index (χ0n) is 16.0. The van der Waals surface area contributed by atoms with E-state index >= 15 is 0 Å². The minimum atomic E-state index is -0.263. The summed E-state index contributed by atoms with van der Waals surface area (Å²) < 4.78 is 12.0. The van der Waals surface area contributed by atoms with Crippen molar-refractivity contribution in [3.8, 4) is 11.5 Å². The van der Waals surface area contributed by atoms with Gasteiger partial charge in [0.25, 0.3) is 11.8 Å². The van der Waals surface area contributed by atoms with E-state index in [9.17, 15) is 9.59 Å². The van der Waals surface area contributed by atoms with Crippen LogP contribution in [0.25, 0.3) is 0 Å². The number of hydrogen-bond acceptors (Lipinski definition) is 4. The van der Waals surface area contributed by atoms with E-state index in [2.05, 4.69) is 27.7 Å². The van der Waals surface area contributed by atoms with Crippen LogP contribution < -0.4 is 9.47 Å². The predicted octanol–water partition coefficient (Wildman–Crippen LogP) is 3.67. The van der Waals surface area contributed by atoms with E-state index in [1.54, 1.807) is 0 Å². The lowest BCUT2D eigenvalue weighted by Gasteiger charge is -2.25. The number of carbonyl (C=O) groups excluding carboxylic acids is 2. The van der Waals surface area contributed by atoms with Crippen molar-refractivity contribution in [3.05, 3.63) is 35.4 Å². The van der Waals surface area contributed by atoms with E-state index in [0.717, 1.165) is 35.5 Å². The summed E-state index contributed by atoms with van der Waals surface area (Å²) in [5.41, 5.74) is 2.05. The number of imide groups is 1. The van der Waals surface area contributed by atoms with Crippen LogP contribution in [0.2, 0.25) is 0 Å². The van der Waals surface area contributed by atoms with Gasteiger partial charge in [0.05, 0.1) is 19.3 Å². The van der Waals surface area contributed by atoms with E-state index in [1.807, 2.05) is 12.1 Å². The average Bonchev–Trinajstić information content (AvgIpc) is 3.13. The molecule has 0 saturated carbocycles. The topological polar surface area (TPSA) is 55.8 Å². The van der Waals surface area contributed by atoms with Gasteiger partial charge in [-0.3, -0.25) is 14.5 Å². The molecule has 1 aromatic rings. The van der Waals surface area contributed by atoms with Crippen molar-refractivity contribution in [1.82, 2.24) is 4.90 Å². The fraction of sp³-hybridized carbons (Fsp3) is 0.524. The van der Waals surface area contributed by atoms with E-state index in [4.69, 9.17) is 9.47 Å². The minimum absolute atomic E-state index is 0.247. The first-order valence-corrected chi connectivity index (χ1v) is 9.34. The fourth-order valence-corrected chi connectivity index (χ4v) is 3.38. The van der Waals surface area contributed by atoms with Crippen LogP contribution in [0.1, 0.15) is 51.3 Å². The molecule has 0 unspecified atom stereocenters. The van der Waals surface area contributed by atoms with Gasteiger partial charge in [0.1, 0.15) is 11.5 Å². The smallest absolute Gasteiger partial charge is 0.254 e. The summed E-state index contributed by atoms with van der Waals surface area (Å²) in [7, 11) is 0. The highest BCUT2D eigenvalue weighted by Crippen LogP contribution is 2.44. The molecule has 1 aromatic carbocycles. The molecular weight excluding hydrogens is 330 g/mol. The van der Waals surface area contributed by atoms with Crippen molar-refractivity contribution in [1.29, 1.82) is 0 Å². The molecule has 0 saturated heterocycles. The molecule has 0 N–H and O–H groups in total. The molecule has 0 spiro atoms. The quantitative estimate of drug-likeness (QED) is 0.699. The summed E-state index contributed by atoms with van der Waals surface area (Å²) in [6.07, 6.45) is 4.21. The Morgan fingerprint density at radius 1 is 1.00 bits per heavy atom. The van der Waals surface area contributed by atoms with Gasteiger partial charge in [-0.2, -0.15) is 0 Å². The van der Waals surface area contributed by atoms with Crippen molar-refractivity contribution >= 4 is 11.8 Å². The van der Waals surface area contributed by atoms with Gasteiger partial charge in [0, 0.05) is 23.8 Å². The third kappa shape index (κ3) is 3.76. The first kappa shape index (κ1) is 18.5. The van der Waals surface area contributed by atoms with Crippen molar-refractivity contribution in [2.24, 2.45) is 11.8 Å². The first-order valence-electron chi connectivity index (χ1n) is 9.34. The van der Waals surface area contributed by atoms with E-state index in [1.165, 1.54) is 17.1 Å². The zero-order valence-corrected chi connectivity index (χ0v) is 16.0. The van der Waals surface area contributed by atoms with Gasteiger partial charge >= 0.3 is 0 Å². The second-order valence-electron chi connectivity index (χ2n) is 7.84. The van der Waals surface area contributed by atoms with Gasteiger partial charge in [-0.05, 0) is 36.3 Å². The monoisotopic (exact) mass is 357 g/mol. The van der Waals surface area contributed by atoms with E-state index in [0.29, 0.717) is 25.0 Å². The number of hydrogen-bond donors (Lipinski definition) is 0. The summed E-state index contributed by atoms with van der Waals surface area (Å²) in [6.45, 7) is 9.61. The summed E-state index contributed by atoms with van der Waals surface area (Å²) >= 11 is 0. The Kier molecular flexibility index (Phi) is 5.35. The normalized spacial score (nSPS) is 19.0. The Bertz CT molecular complexity index is 718. The number of nitrogens with zero attached hydrogens (tertiary/aromatic N) is 1. The molecular formula is C21H27NO4. The standard InChI is InChI=1S/C21H27NO4/c1-13(2)11-25-16-9-15-5-6-17(22-19(23)7-8-20(22)24)21(15)18(10-16)26-12-14(3)4/h7-10,13-14,17H,5-6,11-12H2,1-4H3/t17-/m0/s1. The average molecular weight is 357 g/mol. The predicted molar refractivity (Wildman–Crippen MR) is 99.2 cm³/mol. The molecule has 0 fully saturated rings. The van der Waals surface area contributed by atoms with Crippen LogP contribution in [-0.2, 0) is 16.0 Å². The van der Waals surface area contributed by atoms with Gasteiger partial charge < -0.3 is 9.47 Å². The highest BCUT2D eigenvalue weighted by Gasteiger charge is 2.38. The molecule has 5 nitrogen and oxygen atoms in total. The van der Waals surface area contributed by atoms with Gasteiger partial charge in [-0.25, -0.2) is 0 Å². The number of amides is 2.